The van der Waals surface area contributed by atoms with E-state index in [1.54, 1.807) is 52.8 Å². The summed E-state index contributed by atoms with van der Waals surface area (Å²) >= 11 is 0. The molecule has 3 aromatic rings. The first-order valence-corrected chi connectivity index (χ1v) is 9.88. The highest BCUT2D eigenvalue weighted by Gasteiger charge is 2.36. The molecule has 150 valence electrons. The van der Waals surface area contributed by atoms with Crippen molar-refractivity contribution in [3.05, 3.63) is 65.4 Å². The fourth-order valence-electron chi connectivity index (χ4n) is 3.86. The Bertz CT molecular complexity index is 1210. The Morgan fingerprint density at radius 3 is 2.77 bits per heavy atom. The Morgan fingerprint density at radius 2 is 2.03 bits per heavy atom. The molecule has 0 atom stereocenters. The van der Waals surface area contributed by atoms with E-state index in [2.05, 4.69) is 4.98 Å². The summed E-state index contributed by atoms with van der Waals surface area (Å²) in [6.45, 7) is 2.92. The normalized spacial score (nSPS) is 15.2. The van der Waals surface area contributed by atoms with Crippen molar-refractivity contribution in [2.75, 3.05) is 6.54 Å². The largest absolute Gasteiger partial charge is 0.457 e. The number of rotatable bonds is 5. The van der Waals surface area contributed by atoms with Gasteiger partial charge < -0.3 is 14.2 Å². The number of hydrogen-bond donors (Lipinski definition) is 0. The van der Waals surface area contributed by atoms with Gasteiger partial charge in [0.25, 0.3) is 5.91 Å². The molecule has 0 saturated heterocycles. The van der Waals surface area contributed by atoms with Crippen molar-refractivity contribution < 1.29 is 13.9 Å². The maximum absolute atomic E-state index is 15.1. The van der Waals surface area contributed by atoms with Gasteiger partial charge in [-0.1, -0.05) is 6.07 Å². The number of carbonyl (C=O) groups excluding carboxylic acids is 1. The van der Waals surface area contributed by atoms with Crippen LogP contribution >= 0.6 is 0 Å². The number of imidazole rings is 1. The van der Waals surface area contributed by atoms with Gasteiger partial charge in [-0.3, -0.25) is 4.79 Å². The lowest BCUT2D eigenvalue weighted by molar-refractivity contribution is 0.0758. The predicted octanol–water partition coefficient (Wildman–Crippen LogP) is 4.48. The van der Waals surface area contributed by atoms with Crippen LogP contribution in [0.2, 0.25) is 0 Å². The molecule has 0 N–H and O–H groups in total. The zero-order chi connectivity index (χ0) is 20.8. The van der Waals surface area contributed by atoms with E-state index >= 15 is 4.39 Å². The second kappa shape index (κ2) is 6.99. The van der Waals surface area contributed by atoms with Crippen LogP contribution < -0.4 is 4.74 Å². The maximum Gasteiger partial charge on any atom is 0.291 e. The van der Waals surface area contributed by atoms with E-state index in [-0.39, 0.29) is 5.91 Å². The van der Waals surface area contributed by atoms with E-state index in [4.69, 9.17) is 10.00 Å². The van der Waals surface area contributed by atoms with Crippen molar-refractivity contribution >= 4 is 5.91 Å². The van der Waals surface area contributed by atoms with E-state index in [9.17, 15) is 4.79 Å². The number of fused-ring (bicyclic) bond motifs is 1. The molecule has 7 heteroatoms. The van der Waals surface area contributed by atoms with Gasteiger partial charge in [0.2, 0.25) is 5.82 Å². The van der Waals surface area contributed by atoms with Gasteiger partial charge >= 0.3 is 0 Å². The summed E-state index contributed by atoms with van der Waals surface area (Å²) in [6.07, 6.45) is 2.32. The van der Waals surface area contributed by atoms with Crippen LogP contribution in [0.5, 0.6) is 11.5 Å². The Balaban J connectivity index is 1.44. The van der Waals surface area contributed by atoms with Gasteiger partial charge in [-0.2, -0.15) is 5.26 Å². The molecule has 1 saturated carbocycles. The minimum Gasteiger partial charge on any atom is -0.457 e. The van der Waals surface area contributed by atoms with E-state index in [0.717, 1.165) is 19.4 Å². The van der Waals surface area contributed by atoms with E-state index in [0.29, 0.717) is 52.4 Å². The first kappa shape index (κ1) is 18.4. The maximum atomic E-state index is 15.1. The van der Waals surface area contributed by atoms with Crippen LogP contribution in [-0.2, 0) is 6.67 Å². The molecule has 30 heavy (non-hydrogen) atoms. The molecule has 0 radical (unpaired) electrons. The average molecular weight is 402 g/mol. The summed E-state index contributed by atoms with van der Waals surface area (Å²) in [7, 11) is 0. The standard InChI is InChI=1S/C23H19FN4O2/c1-14-21(28-13-27(12-15-5-6-15)23(29)22(28)26-14)19-8-7-18(10-20(19)24)30-17-4-2-3-16(9-17)11-25/h2-4,7-10,15H,5-6,12-13H2,1H3. The van der Waals surface area contributed by atoms with Crippen molar-refractivity contribution in [2.45, 2.75) is 26.4 Å². The third kappa shape index (κ3) is 3.20. The lowest BCUT2D eigenvalue weighted by Gasteiger charge is -2.16. The number of carbonyl (C=O) groups is 1. The topological polar surface area (TPSA) is 71.2 Å². The summed E-state index contributed by atoms with van der Waals surface area (Å²) in [4.78, 5) is 18.9. The Morgan fingerprint density at radius 1 is 1.23 bits per heavy atom. The van der Waals surface area contributed by atoms with Crippen LogP contribution in [0, 0.1) is 30.0 Å². The number of amides is 1. The number of aryl methyl sites for hydroxylation is 1. The van der Waals surface area contributed by atoms with Crippen LogP contribution in [0.25, 0.3) is 11.3 Å². The summed E-state index contributed by atoms with van der Waals surface area (Å²) in [5, 5.41) is 9.00. The SMILES string of the molecule is Cc1nc2n(c1-c1ccc(Oc3cccc(C#N)c3)cc1F)CN(CC1CC1)C2=O. The van der Waals surface area contributed by atoms with Crippen LogP contribution in [0.15, 0.2) is 42.5 Å². The van der Waals surface area contributed by atoms with Gasteiger partial charge in [0.05, 0.1) is 29.7 Å². The molecule has 1 aliphatic carbocycles. The first-order valence-electron chi connectivity index (χ1n) is 9.88. The minimum absolute atomic E-state index is 0.0889. The van der Waals surface area contributed by atoms with Crippen molar-refractivity contribution in [3.8, 4) is 28.8 Å². The van der Waals surface area contributed by atoms with Gasteiger partial charge in [0.15, 0.2) is 0 Å². The minimum atomic E-state index is -0.456. The Labute approximate surface area is 173 Å². The zero-order valence-electron chi connectivity index (χ0n) is 16.4. The lowest BCUT2D eigenvalue weighted by Crippen LogP contribution is -2.27. The van der Waals surface area contributed by atoms with Gasteiger partial charge in [-0.25, -0.2) is 9.37 Å². The summed E-state index contributed by atoms with van der Waals surface area (Å²) < 4.78 is 22.6. The zero-order valence-corrected chi connectivity index (χ0v) is 16.4. The van der Waals surface area contributed by atoms with E-state index < -0.39 is 5.82 Å². The number of aromatic nitrogens is 2. The Kier molecular flexibility index (Phi) is 4.28. The molecule has 0 unspecified atom stereocenters. The summed E-state index contributed by atoms with van der Waals surface area (Å²) in [6, 6.07) is 13.4. The molecule has 6 nitrogen and oxygen atoms in total. The smallest absolute Gasteiger partial charge is 0.291 e. The molecule has 2 aliphatic rings. The van der Waals surface area contributed by atoms with Gasteiger partial charge in [0, 0.05) is 18.2 Å². The Hall–Kier alpha value is -3.66. The molecule has 1 fully saturated rings. The highest BCUT2D eigenvalue weighted by molar-refractivity contribution is 5.94. The van der Waals surface area contributed by atoms with Crippen molar-refractivity contribution in [3.63, 3.8) is 0 Å². The third-order valence-corrected chi connectivity index (χ3v) is 5.50. The van der Waals surface area contributed by atoms with Crippen LogP contribution in [0.4, 0.5) is 4.39 Å². The number of halogens is 1. The second-order valence-electron chi connectivity index (χ2n) is 7.79. The third-order valence-electron chi connectivity index (χ3n) is 5.50. The highest BCUT2D eigenvalue weighted by atomic mass is 19.1. The average Bonchev–Trinajstić information content (AvgIpc) is 3.43. The molecule has 2 aromatic carbocycles. The molecule has 1 amide bonds. The van der Waals surface area contributed by atoms with E-state index in [1.807, 2.05) is 6.07 Å². The van der Waals surface area contributed by atoms with Gasteiger partial charge in [-0.15, -0.1) is 0 Å². The molecule has 0 bridgehead atoms. The first-order chi connectivity index (χ1) is 14.5. The fourth-order valence-corrected chi connectivity index (χ4v) is 3.86. The van der Waals surface area contributed by atoms with Crippen LogP contribution in [0.1, 0.15) is 34.7 Å². The molecule has 2 heterocycles. The van der Waals surface area contributed by atoms with Gasteiger partial charge in [0.1, 0.15) is 17.3 Å². The van der Waals surface area contributed by atoms with Crippen LogP contribution in [0.3, 0.4) is 0 Å². The number of nitriles is 1. The fraction of sp³-hybridized carbons (Fsp3) is 0.261. The molecular formula is C23H19FN4O2. The number of ether oxygens (including phenoxy) is 1. The molecule has 1 aliphatic heterocycles. The summed E-state index contributed by atoms with van der Waals surface area (Å²) in [5.41, 5.74) is 2.09. The second-order valence-corrected chi connectivity index (χ2v) is 7.79. The number of nitrogens with zero attached hydrogens (tertiary/aromatic N) is 4. The van der Waals surface area contributed by atoms with E-state index in [1.165, 1.54) is 6.07 Å². The molecule has 5 rings (SSSR count). The van der Waals surface area contributed by atoms with Crippen LogP contribution in [-0.4, -0.2) is 26.9 Å². The van der Waals surface area contributed by atoms with Gasteiger partial charge in [-0.05, 0) is 56.0 Å². The van der Waals surface area contributed by atoms with Crippen molar-refractivity contribution in [1.82, 2.24) is 14.5 Å². The quantitative estimate of drug-likeness (QED) is 0.631. The lowest BCUT2D eigenvalue weighted by atomic mass is 10.1. The highest BCUT2D eigenvalue weighted by Crippen LogP contribution is 2.36. The van der Waals surface area contributed by atoms with Crippen molar-refractivity contribution in [1.29, 1.82) is 5.26 Å². The monoisotopic (exact) mass is 402 g/mol. The molecule has 1 aromatic heterocycles. The number of hydrogen-bond acceptors (Lipinski definition) is 4. The summed E-state index contributed by atoms with van der Waals surface area (Å²) in [5.74, 6) is 1.20. The molecular weight excluding hydrogens is 383 g/mol. The van der Waals surface area contributed by atoms with Crippen molar-refractivity contribution in [2.24, 2.45) is 5.92 Å². The predicted molar refractivity (Wildman–Crippen MR) is 107 cm³/mol. The molecule has 0 spiro atoms. The number of benzene rings is 2.